The van der Waals surface area contributed by atoms with Crippen LogP contribution in [0.25, 0.3) is 0 Å². The van der Waals surface area contributed by atoms with Crippen LogP contribution in [0.3, 0.4) is 0 Å². The van der Waals surface area contributed by atoms with E-state index >= 15 is 0 Å². The van der Waals surface area contributed by atoms with Crippen molar-refractivity contribution >= 4 is 20.7 Å². The highest BCUT2D eigenvalue weighted by atomic mass is 32.2. The summed E-state index contributed by atoms with van der Waals surface area (Å²) >= 11 is 0. The van der Waals surface area contributed by atoms with Gasteiger partial charge in [0.1, 0.15) is 0 Å². The summed E-state index contributed by atoms with van der Waals surface area (Å²) in [7, 11) is -3.71. The van der Waals surface area contributed by atoms with Crippen LogP contribution in [0.5, 0.6) is 0 Å². The van der Waals surface area contributed by atoms with Crippen LogP contribution >= 0.6 is 0 Å². The number of hydrogen-bond acceptors (Lipinski definition) is 5. The fraction of sp³-hybridized carbons (Fsp3) is 0.417. The highest BCUT2D eigenvalue weighted by molar-refractivity contribution is 8.07. The van der Waals surface area contributed by atoms with Crippen molar-refractivity contribution in [1.29, 1.82) is 5.41 Å². The molecule has 1 fully saturated rings. The van der Waals surface area contributed by atoms with Crippen molar-refractivity contribution in [2.45, 2.75) is 18.1 Å². The number of hydrogen-bond donors (Lipinski definition) is 2. The first-order valence-electron chi connectivity index (χ1n) is 6.03. The molecule has 1 saturated heterocycles. The van der Waals surface area contributed by atoms with Crippen LogP contribution in [-0.4, -0.2) is 32.0 Å². The van der Waals surface area contributed by atoms with Crippen LogP contribution in [0, 0.1) is 5.41 Å². The van der Waals surface area contributed by atoms with Gasteiger partial charge in [-0.3, -0.25) is 10.4 Å². The molecule has 1 aromatic rings. The van der Waals surface area contributed by atoms with Crippen LogP contribution < -0.4 is 10.9 Å². The number of nitrogens with zero attached hydrogens (tertiary/aromatic N) is 1. The molecule has 0 aromatic heterocycles. The molecular formula is C12H17N3O3S. The number of para-hydroxylation sites is 1. The fourth-order valence-electron chi connectivity index (χ4n) is 1.99. The molecule has 7 heteroatoms. The second-order valence-electron chi connectivity index (χ2n) is 4.37. The summed E-state index contributed by atoms with van der Waals surface area (Å²) in [5.74, 6) is 5.73. The van der Waals surface area contributed by atoms with Gasteiger partial charge in [-0.2, -0.15) is 0 Å². The number of ether oxygens (including phenoxy) is 1. The number of rotatable bonds is 2. The van der Waals surface area contributed by atoms with Gasteiger partial charge >= 0.3 is 0 Å². The molecule has 3 N–H and O–H groups in total. The van der Waals surface area contributed by atoms with Gasteiger partial charge in [0.25, 0.3) is 0 Å². The van der Waals surface area contributed by atoms with E-state index in [1.807, 2.05) is 0 Å². The molecule has 1 heterocycles. The number of nitrogens with two attached hydrogens (primary N) is 1. The lowest BCUT2D eigenvalue weighted by Gasteiger charge is -2.26. The largest absolute Gasteiger partial charge is 0.381 e. The van der Waals surface area contributed by atoms with Crippen LogP contribution in [0.4, 0.5) is 5.69 Å². The van der Waals surface area contributed by atoms with Crippen molar-refractivity contribution in [3.8, 4) is 0 Å². The third-order valence-electron chi connectivity index (χ3n) is 3.13. The minimum atomic E-state index is -3.71. The van der Waals surface area contributed by atoms with E-state index in [0.717, 1.165) is 5.01 Å². The van der Waals surface area contributed by atoms with E-state index in [-0.39, 0.29) is 0 Å². The van der Waals surface area contributed by atoms with Gasteiger partial charge < -0.3 is 4.74 Å². The minimum Gasteiger partial charge on any atom is -0.381 e. The van der Waals surface area contributed by atoms with E-state index in [0.29, 0.717) is 31.7 Å². The molecule has 1 aliphatic heterocycles. The smallest absolute Gasteiger partial charge is 0.235 e. The normalized spacial score (nSPS) is 17.1. The van der Waals surface area contributed by atoms with Crippen LogP contribution in [0.15, 0.2) is 30.3 Å². The Morgan fingerprint density at radius 2 is 1.84 bits per heavy atom. The average Bonchev–Trinajstić information content (AvgIpc) is 2.47. The number of hydrazine groups is 1. The summed E-state index contributed by atoms with van der Waals surface area (Å²) in [6, 6.07) is 8.60. The molecule has 1 aliphatic rings. The number of nitrogens with one attached hydrogen (secondary N) is 1. The number of amidine groups is 1. The summed E-state index contributed by atoms with van der Waals surface area (Å²) in [6.07, 6.45) is 0.820. The van der Waals surface area contributed by atoms with Gasteiger partial charge in [-0.25, -0.2) is 14.3 Å². The minimum absolute atomic E-state index is 0.410. The van der Waals surface area contributed by atoms with Crippen molar-refractivity contribution in [2.24, 2.45) is 5.84 Å². The second-order valence-corrected chi connectivity index (χ2v) is 6.51. The zero-order chi connectivity index (χ0) is 13.9. The zero-order valence-electron chi connectivity index (χ0n) is 10.5. The first-order valence-corrected chi connectivity index (χ1v) is 7.58. The molecule has 0 bridgehead atoms. The standard InChI is InChI=1S/C12H17N3O3S/c13-12(15(14)10-4-2-1-3-5-10)19(16,17)11-6-8-18-9-7-11/h1-5,11,13H,6-9,14H2. The Hall–Kier alpha value is -1.44. The van der Waals surface area contributed by atoms with E-state index in [4.69, 9.17) is 16.0 Å². The fourth-order valence-corrected chi connectivity index (χ4v) is 3.50. The predicted octanol–water partition coefficient (Wildman–Crippen LogP) is 0.895. The first-order chi connectivity index (χ1) is 9.03. The van der Waals surface area contributed by atoms with E-state index in [9.17, 15) is 8.42 Å². The van der Waals surface area contributed by atoms with Gasteiger partial charge in [0.15, 0.2) is 0 Å². The molecule has 0 spiro atoms. The van der Waals surface area contributed by atoms with Crippen molar-refractivity contribution in [1.82, 2.24) is 0 Å². The highest BCUT2D eigenvalue weighted by Crippen LogP contribution is 2.20. The van der Waals surface area contributed by atoms with Gasteiger partial charge in [-0.1, -0.05) is 18.2 Å². The molecule has 104 valence electrons. The van der Waals surface area contributed by atoms with E-state index in [2.05, 4.69) is 0 Å². The Labute approximate surface area is 112 Å². The van der Waals surface area contributed by atoms with Crippen molar-refractivity contribution < 1.29 is 13.2 Å². The number of benzene rings is 1. The Morgan fingerprint density at radius 1 is 1.26 bits per heavy atom. The SMILES string of the molecule is N=C(N(N)c1ccccc1)S(=O)(=O)C1CCOCC1. The lowest BCUT2D eigenvalue weighted by atomic mass is 10.2. The van der Waals surface area contributed by atoms with Crippen LogP contribution in [-0.2, 0) is 14.6 Å². The molecule has 0 saturated carbocycles. The molecule has 0 radical (unpaired) electrons. The van der Waals surface area contributed by atoms with Gasteiger partial charge in [-0.15, -0.1) is 0 Å². The van der Waals surface area contributed by atoms with Gasteiger partial charge in [-0.05, 0) is 25.0 Å². The summed E-state index contributed by atoms with van der Waals surface area (Å²) < 4.78 is 29.7. The maximum atomic E-state index is 12.3. The third-order valence-corrected chi connectivity index (χ3v) is 5.21. The lowest BCUT2D eigenvalue weighted by molar-refractivity contribution is 0.0986. The topological polar surface area (TPSA) is 96.5 Å². The Balaban J connectivity index is 2.18. The molecule has 19 heavy (non-hydrogen) atoms. The third kappa shape index (κ3) is 2.94. The highest BCUT2D eigenvalue weighted by Gasteiger charge is 2.34. The molecular weight excluding hydrogens is 266 g/mol. The van der Waals surface area contributed by atoms with Crippen LogP contribution in [0.2, 0.25) is 0 Å². The van der Waals surface area contributed by atoms with Gasteiger partial charge in [0, 0.05) is 13.2 Å². The van der Waals surface area contributed by atoms with Gasteiger partial charge in [0.05, 0.1) is 10.9 Å². The summed E-state index contributed by atoms with van der Waals surface area (Å²) in [5, 5.41) is 7.61. The van der Waals surface area contributed by atoms with Crippen molar-refractivity contribution in [3.63, 3.8) is 0 Å². The molecule has 0 amide bonds. The number of sulfone groups is 1. The predicted molar refractivity (Wildman–Crippen MR) is 73.6 cm³/mol. The van der Waals surface area contributed by atoms with E-state index in [1.54, 1.807) is 30.3 Å². The molecule has 1 aromatic carbocycles. The monoisotopic (exact) mass is 283 g/mol. The number of anilines is 1. The second kappa shape index (κ2) is 5.68. The molecule has 2 rings (SSSR count). The molecule has 6 nitrogen and oxygen atoms in total. The molecule has 0 atom stereocenters. The maximum absolute atomic E-state index is 12.3. The lowest BCUT2D eigenvalue weighted by Crippen LogP contribution is -2.46. The Bertz CT molecular complexity index is 539. The van der Waals surface area contributed by atoms with Gasteiger partial charge in [0.2, 0.25) is 15.0 Å². The van der Waals surface area contributed by atoms with E-state index in [1.165, 1.54) is 0 Å². The summed E-state index contributed by atoms with van der Waals surface area (Å²) in [6.45, 7) is 0.820. The van der Waals surface area contributed by atoms with E-state index < -0.39 is 20.3 Å². The summed E-state index contributed by atoms with van der Waals surface area (Å²) in [5.41, 5.74) is 0.475. The molecule has 0 aliphatic carbocycles. The van der Waals surface area contributed by atoms with Crippen molar-refractivity contribution in [3.05, 3.63) is 30.3 Å². The maximum Gasteiger partial charge on any atom is 0.235 e. The zero-order valence-corrected chi connectivity index (χ0v) is 11.3. The molecule has 0 unspecified atom stereocenters. The Morgan fingerprint density at radius 3 is 2.42 bits per heavy atom. The van der Waals surface area contributed by atoms with Crippen molar-refractivity contribution in [2.75, 3.05) is 18.2 Å². The van der Waals surface area contributed by atoms with Crippen LogP contribution in [0.1, 0.15) is 12.8 Å². The average molecular weight is 283 g/mol. The first kappa shape index (κ1) is 14.0. The Kier molecular flexibility index (Phi) is 4.18. The summed E-state index contributed by atoms with van der Waals surface area (Å²) in [4.78, 5) is 0. The quantitative estimate of drug-likeness (QED) is 0.364.